The van der Waals surface area contributed by atoms with Gasteiger partial charge in [0, 0.05) is 0 Å². The molecule has 0 saturated carbocycles. The standard InChI is InChI=1S/C19H14Br2N2O5/c1-27-16(24)10-28-17-13(20)7-11(8-14(17)21)9-15-18(25)23(19(26)22-15)12-5-3-2-4-6-12/h2-9H,10H2,1H3,(H,22,26)/b15-9+. The van der Waals surface area contributed by atoms with Crippen LogP contribution in [0.3, 0.4) is 0 Å². The lowest BCUT2D eigenvalue weighted by Gasteiger charge is -2.11. The van der Waals surface area contributed by atoms with E-state index in [9.17, 15) is 14.4 Å². The number of nitrogens with one attached hydrogen (secondary N) is 1. The summed E-state index contributed by atoms with van der Waals surface area (Å²) in [6.07, 6.45) is 1.56. The molecule has 1 aliphatic rings. The highest BCUT2D eigenvalue weighted by molar-refractivity contribution is 9.11. The summed E-state index contributed by atoms with van der Waals surface area (Å²) < 4.78 is 11.1. The highest BCUT2D eigenvalue weighted by Crippen LogP contribution is 2.35. The summed E-state index contributed by atoms with van der Waals surface area (Å²) in [5.41, 5.74) is 1.28. The number of benzene rings is 2. The largest absolute Gasteiger partial charge is 0.480 e. The Hall–Kier alpha value is -2.65. The minimum atomic E-state index is -0.515. The number of hydrogen-bond acceptors (Lipinski definition) is 5. The van der Waals surface area contributed by atoms with Gasteiger partial charge in [-0.2, -0.15) is 0 Å². The molecule has 9 heteroatoms. The van der Waals surface area contributed by atoms with E-state index in [1.54, 1.807) is 48.5 Å². The van der Waals surface area contributed by atoms with Gasteiger partial charge in [0.2, 0.25) is 0 Å². The molecule has 0 unspecified atom stereocenters. The Morgan fingerprint density at radius 2 is 1.79 bits per heavy atom. The van der Waals surface area contributed by atoms with Crippen molar-refractivity contribution >= 4 is 61.5 Å². The van der Waals surface area contributed by atoms with E-state index in [-0.39, 0.29) is 12.3 Å². The van der Waals surface area contributed by atoms with E-state index in [1.807, 2.05) is 0 Å². The van der Waals surface area contributed by atoms with Crippen molar-refractivity contribution < 1.29 is 23.9 Å². The molecule has 1 saturated heterocycles. The second-order valence-electron chi connectivity index (χ2n) is 5.64. The Morgan fingerprint density at radius 3 is 2.39 bits per heavy atom. The van der Waals surface area contributed by atoms with E-state index in [1.165, 1.54) is 7.11 Å². The van der Waals surface area contributed by atoms with Gasteiger partial charge in [-0.15, -0.1) is 0 Å². The summed E-state index contributed by atoms with van der Waals surface area (Å²) in [6, 6.07) is 11.6. The number of para-hydroxylation sites is 1. The van der Waals surface area contributed by atoms with Gasteiger partial charge in [-0.25, -0.2) is 14.5 Å². The van der Waals surface area contributed by atoms with Crippen molar-refractivity contribution in [1.82, 2.24) is 5.32 Å². The maximum atomic E-state index is 12.6. The third-order valence-corrected chi connectivity index (χ3v) is 4.96. The minimum Gasteiger partial charge on any atom is -0.480 e. The van der Waals surface area contributed by atoms with Crippen molar-refractivity contribution in [3.63, 3.8) is 0 Å². The predicted molar refractivity (Wildman–Crippen MR) is 110 cm³/mol. The van der Waals surface area contributed by atoms with Crippen molar-refractivity contribution in [1.29, 1.82) is 0 Å². The molecule has 3 amide bonds. The first kappa shape index (κ1) is 20.1. The number of hydrogen-bond donors (Lipinski definition) is 1. The zero-order chi connectivity index (χ0) is 20.3. The fourth-order valence-electron chi connectivity index (χ4n) is 2.50. The topological polar surface area (TPSA) is 84.9 Å². The zero-order valence-electron chi connectivity index (χ0n) is 14.6. The molecule has 28 heavy (non-hydrogen) atoms. The van der Waals surface area contributed by atoms with Gasteiger partial charge in [0.05, 0.1) is 21.7 Å². The molecule has 144 valence electrons. The summed E-state index contributed by atoms with van der Waals surface area (Å²) in [5, 5.41) is 2.58. The van der Waals surface area contributed by atoms with E-state index in [0.717, 1.165) is 4.90 Å². The number of imide groups is 1. The van der Waals surface area contributed by atoms with Crippen LogP contribution in [0.15, 0.2) is 57.1 Å². The number of nitrogens with zero attached hydrogens (tertiary/aromatic N) is 1. The lowest BCUT2D eigenvalue weighted by Crippen LogP contribution is -2.30. The number of rotatable bonds is 5. The number of ether oxygens (including phenoxy) is 2. The van der Waals surface area contributed by atoms with Crippen LogP contribution in [-0.2, 0) is 14.3 Å². The monoisotopic (exact) mass is 508 g/mol. The minimum absolute atomic E-state index is 0.149. The van der Waals surface area contributed by atoms with Crippen LogP contribution in [0.4, 0.5) is 10.5 Å². The molecule has 1 N–H and O–H groups in total. The Bertz CT molecular complexity index is 953. The summed E-state index contributed by atoms with van der Waals surface area (Å²) in [6.45, 7) is -0.241. The van der Waals surface area contributed by atoms with Gasteiger partial charge in [-0.1, -0.05) is 18.2 Å². The highest BCUT2D eigenvalue weighted by Gasteiger charge is 2.34. The quantitative estimate of drug-likeness (QED) is 0.376. The molecule has 0 aromatic heterocycles. The molecule has 3 rings (SSSR count). The first-order chi connectivity index (χ1) is 13.4. The number of esters is 1. The number of amides is 3. The molecule has 2 aromatic carbocycles. The third kappa shape index (κ3) is 4.26. The van der Waals surface area contributed by atoms with E-state index in [4.69, 9.17) is 4.74 Å². The van der Waals surface area contributed by atoms with E-state index in [0.29, 0.717) is 25.9 Å². The maximum Gasteiger partial charge on any atom is 0.343 e. The molecular weight excluding hydrogens is 496 g/mol. The Labute approximate surface area is 177 Å². The lowest BCUT2D eigenvalue weighted by atomic mass is 10.2. The van der Waals surface area contributed by atoms with Gasteiger partial charge in [-0.05, 0) is 67.8 Å². The normalized spacial score (nSPS) is 15.0. The number of anilines is 1. The van der Waals surface area contributed by atoms with E-state index < -0.39 is 17.9 Å². The SMILES string of the molecule is COC(=O)COc1c(Br)cc(/C=C2/NC(=O)N(c3ccccc3)C2=O)cc1Br. The number of halogens is 2. The number of urea groups is 1. The molecule has 0 radical (unpaired) electrons. The molecule has 0 aliphatic carbocycles. The van der Waals surface area contributed by atoms with Crippen LogP contribution < -0.4 is 15.0 Å². The summed E-state index contributed by atoms with van der Waals surface area (Å²) in [7, 11) is 1.27. The van der Waals surface area contributed by atoms with Crippen molar-refractivity contribution in [3.8, 4) is 5.75 Å². The Kier molecular flexibility index (Phi) is 6.15. The summed E-state index contributed by atoms with van der Waals surface area (Å²) in [4.78, 5) is 37.2. The second kappa shape index (κ2) is 8.57. The van der Waals surface area contributed by atoms with Crippen molar-refractivity contribution in [3.05, 3.63) is 62.7 Å². The molecular formula is C19H14Br2N2O5. The average Bonchev–Trinajstić information content (AvgIpc) is 2.94. The molecule has 1 aliphatic heterocycles. The first-order valence-corrected chi connectivity index (χ1v) is 9.60. The van der Waals surface area contributed by atoms with Gasteiger partial charge in [-0.3, -0.25) is 4.79 Å². The van der Waals surface area contributed by atoms with E-state index in [2.05, 4.69) is 41.9 Å². The highest BCUT2D eigenvalue weighted by atomic mass is 79.9. The van der Waals surface area contributed by atoms with Crippen LogP contribution in [0, 0.1) is 0 Å². The zero-order valence-corrected chi connectivity index (χ0v) is 17.7. The third-order valence-electron chi connectivity index (χ3n) is 3.79. The summed E-state index contributed by atoms with van der Waals surface area (Å²) >= 11 is 6.75. The van der Waals surface area contributed by atoms with Crippen LogP contribution in [0.5, 0.6) is 5.75 Å². The lowest BCUT2D eigenvalue weighted by molar-refractivity contribution is -0.142. The Morgan fingerprint density at radius 1 is 1.14 bits per heavy atom. The number of carbonyl (C=O) groups excluding carboxylic acids is 3. The van der Waals surface area contributed by atoms with Crippen molar-refractivity contribution in [2.75, 3.05) is 18.6 Å². The van der Waals surface area contributed by atoms with Gasteiger partial charge in [0.1, 0.15) is 11.4 Å². The molecule has 1 fully saturated rings. The first-order valence-electron chi connectivity index (χ1n) is 8.01. The predicted octanol–water partition coefficient (Wildman–Crippen LogP) is 3.86. The molecule has 0 spiro atoms. The van der Waals surface area contributed by atoms with Crippen LogP contribution in [-0.4, -0.2) is 31.6 Å². The second-order valence-corrected chi connectivity index (χ2v) is 7.35. The smallest absolute Gasteiger partial charge is 0.343 e. The molecule has 2 aromatic rings. The van der Waals surface area contributed by atoms with Crippen molar-refractivity contribution in [2.45, 2.75) is 0 Å². The molecule has 1 heterocycles. The van der Waals surface area contributed by atoms with Crippen molar-refractivity contribution in [2.24, 2.45) is 0 Å². The average molecular weight is 510 g/mol. The number of methoxy groups -OCH3 is 1. The van der Waals surface area contributed by atoms with Crippen LogP contribution in [0.1, 0.15) is 5.56 Å². The fourth-order valence-corrected chi connectivity index (χ4v) is 3.95. The van der Waals surface area contributed by atoms with E-state index >= 15 is 0 Å². The molecule has 0 atom stereocenters. The maximum absolute atomic E-state index is 12.6. The van der Waals surface area contributed by atoms with Gasteiger partial charge in [0.25, 0.3) is 5.91 Å². The Balaban J connectivity index is 1.85. The van der Waals surface area contributed by atoms with Gasteiger partial charge >= 0.3 is 12.0 Å². The molecule has 0 bridgehead atoms. The van der Waals surface area contributed by atoms with Gasteiger partial charge in [0.15, 0.2) is 6.61 Å². The van der Waals surface area contributed by atoms with Gasteiger partial charge < -0.3 is 14.8 Å². The molecule has 7 nitrogen and oxygen atoms in total. The fraction of sp³-hybridized carbons (Fsp3) is 0.105. The van der Waals surface area contributed by atoms with Crippen LogP contribution >= 0.6 is 31.9 Å². The van der Waals surface area contributed by atoms with Crippen LogP contribution in [0.2, 0.25) is 0 Å². The number of carbonyl (C=O) groups is 3. The summed E-state index contributed by atoms with van der Waals surface area (Å²) in [5.74, 6) is -0.542. The van der Waals surface area contributed by atoms with Crippen LogP contribution in [0.25, 0.3) is 6.08 Å².